The van der Waals surface area contributed by atoms with Crippen LogP contribution in [0.4, 0.5) is 5.95 Å². The van der Waals surface area contributed by atoms with Crippen LogP contribution in [-0.4, -0.2) is 16.0 Å². The van der Waals surface area contributed by atoms with Gasteiger partial charge in [0.25, 0.3) is 0 Å². The first kappa shape index (κ1) is 17.4. The molecule has 3 rings (SSSR count). The molecule has 0 saturated heterocycles. The first-order valence-electron chi connectivity index (χ1n) is 7.81. The Morgan fingerprint density at radius 3 is 2.61 bits per heavy atom. The van der Waals surface area contributed by atoms with E-state index in [-0.39, 0.29) is 12.4 Å². The second-order valence-electron chi connectivity index (χ2n) is 5.76. The summed E-state index contributed by atoms with van der Waals surface area (Å²) < 4.78 is 0. The molecule has 0 aliphatic heterocycles. The van der Waals surface area contributed by atoms with Crippen molar-refractivity contribution in [1.82, 2.24) is 15.3 Å². The minimum atomic E-state index is 0. The van der Waals surface area contributed by atoms with Crippen LogP contribution >= 0.6 is 12.4 Å². The van der Waals surface area contributed by atoms with Crippen molar-refractivity contribution in [2.24, 2.45) is 5.92 Å². The van der Waals surface area contributed by atoms with Gasteiger partial charge < -0.3 is 11.1 Å². The summed E-state index contributed by atoms with van der Waals surface area (Å²) in [5, 5.41) is 3.58. The molecule has 122 valence electrons. The summed E-state index contributed by atoms with van der Waals surface area (Å²) >= 11 is 0. The van der Waals surface area contributed by atoms with Crippen molar-refractivity contribution < 1.29 is 0 Å². The Labute approximate surface area is 143 Å². The lowest BCUT2D eigenvalue weighted by Gasteiger charge is -2.07. The Balaban J connectivity index is 0.00000192. The minimum absolute atomic E-state index is 0. The van der Waals surface area contributed by atoms with Crippen molar-refractivity contribution in [2.45, 2.75) is 32.4 Å². The summed E-state index contributed by atoms with van der Waals surface area (Å²) in [4.78, 5) is 8.04. The highest BCUT2D eigenvalue weighted by molar-refractivity contribution is 5.85. The van der Waals surface area contributed by atoms with E-state index in [2.05, 4.69) is 58.6 Å². The van der Waals surface area contributed by atoms with Gasteiger partial charge in [-0.05, 0) is 24.3 Å². The molecule has 1 aromatic heterocycles. The quantitative estimate of drug-likeness (QED) is 0.851. The topological polar surface area (TPSA) is 63.8 Å². The molecule has 2 atom stereocenters. The fraction of sp³-hybridized carbons (Fsp3) is 0.333. The van der Waals surface area contributed by atoms with Crippen LogP contribution in [0, 0.1) is 5.92 Å². The number of aromatic nitrogens is 2. The molecule has 0 spiro atoms. The number of rotatable bonds is 6. The van der Waals surface area contributed by atoms with Gasteiger partial charge >= 0.3 is 0 Å². The molecule has 5 heteroatoms. The molecule has 23 heavy (non-hydrogen) atoms. The van der Waals surface area contributed by atoms with E-state index in [0.717, 1.165) is 18.5 Å². The van der Waals surface area contributed by atoms with Crippen molar-refractivity contribution >= 4 is 24.4 Å². The maximum Gasteiger partial charge on any atom is 0.219 e. The molecule has 1 fully saturated rings. The number of hydrogen-bond acceptors (Lipinski definition) is 4. The molecule has 1 saturated carbocycles. The Hall–Kier alpha value is -1.91. The zero-order valence-electron chi connectivity index (χ0n) is 13.3. The summed E-state index contributed by atoms with van der Waals surface area (Å²) in [5.41, 5.74) is 9.39. The first-order chi connectivity index (χ1) is 10.8. The van der Waals surface area contributed by atoms with Gasteiger partial charge in [-0.2, -0.15) is 0 Å². The number of nitrogens with zero attached hydrogens (tertiary/aromatic N) is 2. The van der Waals surface area contributed by atoms with Crippen molar-refractivity contribution in [3.63, 3.8) is 0 Å². The predicted octanol–water partition coefficient (Wildman–Crippen LogP) is 3.45. The lowest BCUT2D eigenvalue weighted by molar-refractivity contribution is 0.652. The fourth-order valence-electron chi connectivity index (χ4n) is 2.77. The maximum absolute atomic E-state index is 5.50. The summed E-state index contributed by atoms with van der Waals surface area (Å²) in [6.45, 7) is 3.03. The van der Waals surface area contributed by atoms with Crippen LogP contribution in [0.15, 0.2) is 48.3 Å². The van der Waals surface area contributed by atoms with E-state index < -0.39 is 0 Å². The molecular weight excluding hydrogens is 308 g/mol. The number of halogens is 1. The number of nitrogen functional groups attached to an aromatic ring is 1. The molecule has 1 aliphatic carbocycles. The molecule has 1 heterocycles. The molecule has 1 aliphatic rings. The number of nitrogens with two attached hydrogens (primary N) is 1. The third-order valence-electron chi connectivity index (χ3n) is 4.12. The van der Waals surface area contributed by atoms with Crippen LogP contribution in [0.2, 0.25) is 0 Å². The van der Waals surface area contributed by atoms with E-state index >= 15 is 0 Å². The van der Waals surface area contributed by atoms with E-state index in [9.17, 15) is 0 Å². The van der Waals surface area contributed by atoms with Gasteiger partial charge in [0, 0.05) is 30.5 Å². The van der Waals surface area contributed by atoms with Crippen LogP contribution in [0.25, 0.3) is 6.08 Å². The monoisotopic (exact) mass is 330 g/mol. The summed E-state index contributed by atoms with van der Waals surface area (Å²) in [6.07, 6.45) is 8.21. The van der Waals surface area contributed by atoms with E-state index in [4.69, 9.17) is 5.73 Å². The molecule has 4 nitrogen and oxygen atoms in total. The fourth-order valence-corrected chi connectivity index (χ4v) is 2.77. The van der Waals surface area contributed by atoms with Gasteiger partial charge in [-0.25, -0.2) is 9.97 Å². The summed E-state index contributed by atoms with van der Waals surface area (Å²) in [6, 6.07) is 11.1. The van der Waals surface area contributed by atoms with E-state index in [1.807, 2.05) is 0 Å². The maximum atomic E-state index is 5.50. The Kier molecular flexibility index (Phi) is 6.13. The van der Waals surface area contributed by atoms with Crippen molar-refractivity contribution in [3.05, 3.63) is 59.4 Å². The van der Waals surface area contributed by atoms with Crippen LogP contribution in [0.3, 0.4) is 0 Å². The SMILES string of the molecule is CC/C(=C\c1ccccc1)[C@@H]1C[C@H]1NCc1cnc(N)nc1.Cl. The molecule has 0 bridgehead atoms. The minimum Gasteiger partial charge on any atom is -0.368 e. The summed E-state index contributed by atoms with van der Waals surface area (Å²) in [5.74, 6) is 0.979. The first-order valence-corrected chi connectivity index (χ1v) is 7.81. The van der Waals surface area contributed by atoms with E-state index in [0.29, 0.717) is 17.9 Å². The number of benzene rings is 1. The summed E-state index contributed by atoms with van der Waals surface area (Å²) in [7, 11) is 0. The van der Waals surface area contributed by atoms with Crippen LogP contribution in [0.5, 0.6) is 0 Å². The Bertz CT molecular complexity index is 640. The van der Waals surface area contributed by atoms with Gasteiger partial charge in [0.2, 0.25) is 5.95 Å². The van der Waals surface area contributed by atoms with Crippen molar-refractivity contribution in [1.29, 1.82) is 0 Å². The van der Waals surface area contributed by atoms with E-state index in [1.165, 1.54) is 17.6 Å². The third kappa shape index (κ3) is 4.78. The highest BCUT2D eigenvalue weighted by Gasteiger charge is 2.38. The highest BCUT2D eigenvalue weighted by Crippen LogP contribution is 2.39. The predicted molar refractivity (Wildman–Crippen MR) is 97.1 cm³/mol. The molecule has 0 radical (unpaired) electrons. The lowest BCUT2D eigenvalue weighted by atomic mass is 10.0. The molecule has 2 aromatic rings. The van der Waals surface area contributed by atoms with Gasteiger partial charge in [-0.15, -0.1) is 12.4 Å². The number of hydrogen-bond donors (Lipinski definition) is 2. The number of nitrogens with one attached hydrogen (secondary N) is 1. The largest absolute Gasteiger partial charge is 0.368 e. The molecule has 1 aromatic carbocycles. The Morgan fingerprint density at radius 1 is 1.26 bits per heavy atom. The smallest absolute Gasteiger partial charge is 0.219 e. The molecule has 0 amide bonds. The van der Waals surface area contributed by atoms with Crippen molar-refractivity contribution in [3.8, 4) is 0 Å². The normalized spacial score (nSPS) is 20.0. The van der Waals surface area contributed by atoms with Gasteiger partial charge in [0.05, 0.1) is 0 Å². The Morgan fingerprint density at radius 2 is 1.96 bits per heavy atom. The highest BCUT2D eigenvalue weighted by atomic mass is 35.5. The molecule has 3 N–H and O–H groups in total. The van der Waals surface area contributed by atoms with Gasteiger partial charge in [0.1, 0.15) is 0 Å². The molecule has 0 unspecified atom stereocenters. The van der Waals surface area contributed by atoms with Gasteiger partial charge in [-0.1, -0.05) is 48.9 Å². The second kappa shape index (κ2) is 8.09. The van der Waals surface area contributed by atoms with Crippen LogP contribution in [-0.2, 0) is 6.54 Å². The van der Waals surface area contributed by atoms with Gasteiger partial charge in [-0.3, -0.25) is 0 Å². The zero-order chi connectivity index (χ0) is 15.4. The standard InChI is InChI=1S/C18H22N4.ClH/c1-2-15(8-13-6-4-3-5-7-13)16-9-17(16)20-10-14-11-21-18(19)22-12-14;/h3-8,11-12,16-17,20H,2,9-10H2,1H3,(H2,19,21,22);1H/b15-8+;/t16-,17+;/m0./s1. The lowest BCUT2D eigenvalue weighted by Crippen LogP contribution is -2.18. The average molecular weight is 331 g/mol. The average Bonchev–Trinajstić information content (AvgIpc) is 3.32. The van der Waals surface area contributed by atoms with Crippen LogP contribution < -0.4 is 11.1 Å². The van der Waals surface area contributed by atoms with Crippen LogP contribution in [0.1, 0.15) is 30.9 Å². The second-order valence-corrected chi connectivity index (χ2v) is 5.76. The van der Waals surface area contributed by atoms with Gasteiger partial charge in [0.15, 0.2) is 0 Å². The van der Waals surface area contributed by atoms with E-state index in [1.54, 1.807) is 12.4 Å². The third-order valence-corrected chi connectivity index (χ3v) is 4.12. The molecular formula is C18H23ClN4. The zero-order valence-corrected chi connectivity index (χ0v) is 14.1. The van der Waals surface area contributed by atoms with Crippen molar-refractivity contribution in [2.75, 3.05) is 5.73 Å². The number of anilines is 1.